The van der Waals surface area contributed by atoms with Crippen LogP contribution >= 0.6 is 11.6 Å². The number of benzene rings is 1. The van der Waals surface area contributed by atoms with Crippen molar-refractivity contribution in [3.8, 4) is 0 Å². The zero-order chi connectivity index (χ0) is 17.8. The van der Waals surface area contributed by atoms with Crippen LogP contribution in [0.25, 0.3) is 0 Å². The summed E-state index contributed by atoms with van der Waals surface area (Å²) < 4.78 is 4.98. The van der Waals surface area contributed by atoms with Gasteiger partial charge in [-0.2, -0.15) is 0 Å². The van der Waals surface area contributed by atoms with Gasteiger partial charge in [-0.25, -0.2) is 9.59 Å². The van der Waals surface area contributed by atoms with Crippen LogP contribution in [0, 0.1) is 10.1 Å². The van der Waals surface area contributed by atoms with Crippen molar-refractivity contribution in [2.24, 2.45) is 0 Å². The molecule has 1 aromatic carbocycles. The molecule has 0 radical (unpaired) electrons. The zero-order valence-corrected chi connectivity index (χ0v) is 13.6. The second-order valence-corrected chi connectivity index (χ2v) is 6.14. The number of hydrogen-bond donors (Lipinski definition) is 2. The smallest absolute Gasteiger partial charge is 0.408 e. The second-order valence-electron chi connectivity index (χ2n) is 5.74. The number of carboxylic acids is 1. The fourth-order valence-corrected chi connectivity index (χ4v) is 2.02. The average Bonchev–Trinajstić information content (AvgIpc) is 2.37. The molecule has 0 spiro atoms. The molecular weight excluding hydrogens is 328 g/mol. The molecule has 1 atom stereocenters. The van der Waals surface area contributed by atoms with E-state index in [2.05, 4.69) is 5.32 Å². The van der Waals surface area contributed by atoms with E-state index in [0.29, 0.717) is 0 Å². The maximum absolute atomic E-state index is 11.7. The van der Waals surface area contributed by atoms with Gasteiger partial charge in [0.1, 0.15) is 11.6 Å². The summed E-state index contributed by atoms with van der Waals surface area (Å²) in [7, 11) is 0. The molecular formula is C14H17ClN2O6. The Hall–Kier alpha value is -2.35. The number of nitrogens with one attached hydrogen (secondary N) is 1. The molecule has 0 aliphatic rings. The number of ether oxygens (including phenoxy) is 1. The molecule has 1 aromatic rings. The summed E-state index contributed by atoms with van der Waals surface area (Å²) in [6, 6.07) is 2.61. The molecule has 0 fully saturated rings. The van der Waals surface area contributed by atoms with Gasteiger partial charge in [0.15, 0.2) is 0 Å². The van der Waals surface area contributed by atoms with E-state index in [1.807, 2.05) is 0 Å². The first kappa shape index (κ1) is 18.7. The molecule has 126 valence electrons. The summed E-state index contributed by atoms with van der Waals surface area (Å²) in [5, 5.41) is 22.5. The number of rotatable bonds is 5. The summed E-state index contributed by atoms with van der Waals surface area (Å²) in [6.07, 6.45) is -1.27. The van der Waals surface area contributed by atoms with Gasteiger partial charge >= 0.3 is 12.1 Å². The molecule has 1 amide bonds. The third-order valence-electron chi connectivity index (χ3n) is 2.69. The average molecular weight is 345 g/mol. The molecule has 0 saturated carbocycles. The Bertz CT molecular complexity index is 626. The molecule has 9 heteroatoms. The number of carboxylic acid groups (broad SMARTS) is 1. The molecule has 0 bridgehead atoms. The highest BCUT2D eigenvalue weighted by Crippen LogP contribution is 2.27. The molecule has 0 aromatic heterocycles. The van der Waals surface area contributed by atoms with E-state index in [-0.39, 0.29) is 22.7 Å². The minimum absolute atomic E-state index is 0.0302. The van der Waals surface area contributed by atoms with Crippen molar-refractivity contribution in [3.05, 3.63) is 38.9 Å². The zero-order valence-electron chi connectivity index (χ0n) is 12.8. The first-order valence-corrected chi connectivity index (χ1v) is 7.03. The molecule has 8 nitrogen and oxygen atoms in total. The Morgan fingerprint density at radius 3 is 2.52 bits per heavy atom. The fraction of sp³-hybridized carbons (Fsp3) is 0.429. The first-order valence-electron chi connectivity index (χ1n) is 6.65. The van der Waals surface area contributed by atoms with E-state index in [4.69, 9.17) is 16.3 Å². The van der Waals surface area contributed by atoms with Gasteiger partial charge in [-0.1, -0.05) is 17.7 Å². The van der Waals surface area contributed by atoms with Gasteiger partial charge in [0, 0.05) is 12.5 Å². The molecule has 2 N–H and O–H groups in total. The van der Waals surface area contributed by atoms with Crippen LogP contribution in [0.4, 0.5) is 10.5 Å². The monoisotopic (exact) mass is 344 g/mol. The minimum atomic E-state index is -1.41. The van der Waals surface area contributed by atoms with Gasteiger partial charge in [0.2, 0.25) is 0 Å². The standard InChI is InChI=1S/C14H17ClN2O6/c1-14(2,3)23-13(20)16-10(12(18)19)7-8-9(15)5-4-6-11(8)17(21)22/h4-6,10H,7H2,1-3H3,(H,16,20)(H,18,19). The number of nitro groups is 1. The van der Waals surface area contributed by atoms with Crippen LogP contribution in [-0.4, -0.2) is 33.7 Å². The summed E-state index contributed by atoms with van der Waals surface area (Å²) in [4.78, 5) is 33.4. The molecule has 0 aliphatic heterocycles. The summed E-state index contributed by atoms with van der Waals surface area (Å²) in [5.41, 5.74) is -1.08. The van der Waals surface area contributed by atoms with Crippen LogP contribution < -0.4 is 5.32 Å². The molecule has 0 saturated heterocycles. The SMILES string of the molecule is CC(C)(C)OC(=O)NC(Cc1c(Cl)cccc1[N+](=O)[O-])C(=O)O. The number of amides is 1. The number of nitro benzene ring substituents is 1. The number of carbonyl (C=O) groups excluding carboxylic acids is 1. The van der Waals surface area contributed by atoms with E-state index in [1.165, 1.54) is 18.2 Å². The minimum Gasteiger partial charge on any atom is -0.480 e. The predicted octanol–water partition coefficient (Wildman–Crippen LogP) is 2.77. The number of halogens is 1. The van der Waals surface area contributed by atoms with Gasteiger partial charge in [0.05, 0.1) is 15.5 Å². The lowest BCUT2D eigenvalue weighted by molar-refractivity contribution is -0.385. The van der Waals surface area contributed by atoms with Crippen molar-refractivity contribution in [2.75, 3.05) is 0 Å². The predicted molar refractivity (Wildman–Crippen MR) is 82.6 cm³/mol. The van der Waals surface area contributed by atoms with Gasteiger partial charge in [-0.3, -0.25) is 10.1 Å². The quantitative estimate of drug-likeness (QED) is 0.626. The Morgan fingerprint density at radius 2 is 2.04 bits per heavy atom. The van der Waals surface area contributed by atoms with Crippen molar-refractivity contribution in [1.29, 1.82) is 0 Å². The van der Waals surface area contributed by atoms with Crippen LogP contribution in [-0.2, 0) is 16.0 Å². The normalized spacial score (nSPS) is 12.3. The third kappa shape index (κ3) is 5.74. The van der Waals surface area contributed by atoms with Crippen LogP contribution in [0.1, 0.15) is 26.3 Å². The van der Waals surface area contributed by atoms with E-state index in [1.54, 1.807) is 20.8 Å². The largest absolute Gasteiger partial charge is 0.480 e. The highest BCUT2D eigenvalue weighted by atomic mass is 35.5. The van der Waals surface area contributed by atoms with E-state index in [9.17, 15) is 24.8 Å². The Balaban J connectivity index is 3.00. The number of hydrogen-bond acceptors (Lipinski definition) is 5. The van der Waals surface area contributed by atoms with E-state index in [0.717, 1.165) is 0 Å². The molecule has 0 aliphatic carbocycles. The molecule has 1 rings (SSSR count). The van der Waals surface area contributed by atoms with Gasteiger partial charge in [0.25, 0.3) is 5.69 Å². The van der Waals surface area contributed by atoms with Gasteiger partial charge in [-0.15, -0.1) is 0 Å². The number of nitrogens with zero attached hydrogens (tertiary/aromatic N) is 1. The maximum Gasteiger partial charge on any atom is 0.408 e. The van der Waals surface area contributed by atoms with Crippen LogP contribution in [0.15, 0.2) is 18.2 Å². The van der Waals surface area contributed by atoms with Crippen LogP contribution in [0.2, 0.25) is 5.02 Å². The Kier molecular flexibility index (Phi) is 5.91. The topological polar surface area (TPSA) is 119 Å². The maximum atomic E-state index is 11.7. The lowest BCUT2D eigenvalue weighted by Crippen LogP contribution is -2.44. The lowest BCUT2D eigenvalue weighted by atomic mass is 10.0. The summed E-state index contributed by atoms with van der Waals surface area (Å²) >= 11 is 5.92. The van der Waals surface area contributed by atoms with Gasteiger partial charge in [-0.05, 0) is 26.8 Å². The first-order chi connectivity index (χ1) is 10.5. The number of carbonyl (C=O) groups is 2. The fourth-order valence-electron chi connectivity index (χ4n) is 1.77. The van der Waals surface area contributed by atoms with Crippen LogP contribution in [0.5, 0.6) is 0 Å². The molecule has 23 heavy (non-hydrogen) atoms. The molecule has 0 heterocycles. The summed E-state index contributed by atoms with van der Waals surface area (Å²) in [6.45, 7) is 4.88. The van der Waals surface area contributed by atoms with Crippen molar-refractivity contribution in [1.82, 2.24) is 5.32 Å². The second kappa shape index (κ2) is 7.28. The van der Waals surface area contributed by atoms with E-state index >= 15 is 0 Å². The van der Waals surface area contributed by atoms with Crippen molar-refractivity contribution in [3.63, 3.8) is 0 Å². The van der Waals surface area contributed by atoms with Crippen molar-refractivity contribution >= 4 is 29.4 Å². The van der Waals surface area contributed by atoms with E-state index < -0.39 is 28.6 Å². The highest BCUT2D eigenvalue weighted by Gasteiger charge is 2.28. The van der Waals surface area contributed by atoms with Crippen LogP contribution in [0.3, 0.4) is 0 Å². The lowest BCUT2D eigenvalue weighted by Gasteiger charge is -2.22. The third-order valence-corrected chi connectivity index (χ3v) is 3.04. The number of aliphatic carboxylic acids is 1. The Morgan fingerprint density at radius 1 is 1.43 bits per heavy atom. The van der Waals surface area contributed by atoms with Gasteiger partial charge < -0.3 is 15.2 Å². The number of alkyl carbamates (subject to hydrolysis) is 1. The summed E-state index contributed by atoms with van der Waals surface area (Å²) in [5.74, 6) is -1.36. The Labute approximate surface area is 137 Å². The molecule has 1 unspecified atom stereocenters. The van der Waals surface area contributed by atoms with Crippen molar-refractivity contribution < 1.29 is 24.4 Å². The van der Waals surface area contributed by atoms with Crippen molar-refractivity contribution in [2.45, 2.75) is 38.8 Å². The highest BCUT2D eigenvalue weighted by molar-refractivity contribution is 6.31.